The molecule has 3 aliphatic rings. The van der Waals surface area contributed by atoms with Crippen LogP contribution in [0.2, 0.25) is 10.0 Å². The van der Waals surface area contributed by atoms with Crippen molar-refractivity contribution in [2.24, 2.45) is 5.92 Å². The zero-order valence-corrected chi connectivity index (χ0v) is 22.7. The zero-order valence-electron chi connectivity index (χ0n) is 20.4. The molecule has 7 rings (SSSR count). The van der Waals surface area contributed by atoms with Gasteiger partial charge >= 0.3 is 5.97 Å². The van der Waals surface area contributed by atoms with Gasteiger partial charge < -0.3 is 15.4 Å². The van der Waals surface area contributed by atoms with Gasteiger partial charge in [0.05, 0.1) is 21.6 Å². The van der Waals surface area contributed by atoms with Crippen LogP contribution in [-0.2, 0) is 10.3 Å². The number of amides is 1. The van der Waals surface area contributed by atoms with Crippen molar-refractivity contribution in [3.05, 3.63) is 79.7 Å². The lowest BCUT2D eigenvalue weighted by Gasteiger charge is -2.39. The first-order valence-corrected chi connectivity index (χ1v) is 14.3. The number of likely N-dealkylation sites (tertiary alicyclic amines) is 1. The number of fused-ring (bicyclic) bond motifs is 3. The minimum atomic E-state index is -0.990. The van der Waals surface area contributed by atoms with Gasteiger partial charge in [-0.3, -0.25) is 9.69 Å². The number of carbonyl (C=O) groups is 2. The molecular weight excluding hydrogens is 543 g/mol. The Hall–Kier alpha value is -2.91. The highest BCUT2D eigenvalue weighted by Gasteiger charge is 2.67. The topological polar surface area (TPSA) is 98.3 Å². The van der Waals surface area contributed by atoms with Crippen LogP contribution in [0.15, 0.2) is 47.8 Å². The summed E-state index contributed by atoms with van der Waals surface area (Å²) in [6, 6.07) is 12.5. The van der Waals surface area contributed by atoms with E-state index in [0.717, 1.165) is 41.3 Å². The summed E-state index contributed by atoms with van der Waals surface area (Å²) >= 11 is 14.4. The summed E-state index contributed by atoms with van der Waals surface area (Å²) < 4.78 is 0. The Morgan fingerprint density at radius 3 is 2.71 bits per heavy atom. The van der Waals surface area contributed by atoms with Crippen molar-refractivity contribution in [3.63, 3.8) is 0 Å². The maximum absolute atomic E-state index is 14.3. The van der Waals surface area contributed by atoms with Crippen LogP contribution in [0, 0.1) is 5.92 Å². The first-order valence-electron chi connectivity index (χ1n) is 12.6. The van der Waals surface area contributed by atoms with Gasteiger partial charge in [-0.15, -0.1) is 11.3 Å². The maximum atomic E-state index is 14.3. The number of carboxylic acid groups (broad SMARTS) is 1. The number of anilines is 1. The summed E-state index contributed by atoms with van der Waals surface area (Å²) in [7, 11) is 0. The van der Waals surface area contributed by atoms with E-state index >= 15 is 0 Å². The number of nitrogens with zero attached hydrogens (tertiary/aromatic N) is 2. The molecule has 10 heteroatoms. The standard InChI is InChI=1S/C28H24Cl2N4O3S/c1-13-23(25-31-19-7-4-15(26(35)36)8-21(19)32-25)24(22-10-17(30)12-38-22)28(34(13)11-14-2-3-14)18-6-5-16(29)9-20(18)33-27(28)37/h4-10,12-14,23-24H,2-3,11H2,1H3,(H,31,32)(H,33,37)(H,35,36)/t13-,23+,24-,28?/m0/s1. The maximum Gasteiger partial charge on any atom is 0.335 e. The third-order valence-electron chi connectivity index (χ3n) is 8.37. The minimum Gasteiger partial charge on any atom is -0.478 e. The molecule has 7 nitrogen and oxygen atoms in total. The predicted molar refractivity (Wildman–Crippen MR) is 149 cm³/mol. The molecule has 3 N–H and O–H groups in total. The van der Waals surface area contributed by atoms with Crippen LogP contribution < -0.4 is 5.32 Å². The number of imidazole rings is 1. The average Bonchev–Trinajstić information content (AvgIpc) is 3.20. The van der Waals surface area contributed by atoms with Crippen LogP contribution >= 0.6 is 34.5 Å². The summed E-state index contributed by atoms with van der Waals surface area (Å²) in [6.07, 6.45) is 2.30. The molecule has 2 aromatic heterocycles. The first kappa shape index (κ1) is 24.2. The number of aromatic nitrogens is 2. The van der Waals surface area contributed by atoms with E-state index in [4.69, 9.17) is 28.2 Å². The van der Waals surface area contributed by atoms with Crippen molar-refractivity contribution in [2.45, 2.75) is 43.2 Å². The molecule has 1 unspecified atom stereocenters. The Bertz CT molecular complexity index is 1630. The van der Waals surface area contributed by atoms with E-state index in [2.05, 4.69) is 22.1 Å². The molecule has 4 aromatic rings. The largest absolute Gasteiger partial charge is 0.478 e. The Labute approximate surface area is 232 Å². The van der Waals surface area contributed by atoms with Crippen molar-refractivity contribution >= 4 is 63.1 Å². The summed E-state index contributed by atoms with van der Waals surface area (Å²) in [5.74, 6) is -0.248. The van der Waals surface area contributed by atoms with Crippen LogP contribution in [0.3, 0.4) is 0 Å². The number of benzene rings is 2. The van der Waals surface area contributed by atoms with Crippen LogP contribution in [0.1, 0.15) is 58.2 Å². The van der Waals surface area contributed by atoms with Gasteiger partial charge in [-0.25, -0.2) is 9.78 Å². The zero-order chi connectivity index (χ0) is 26.3. The highest BCUT2D eigenvalue weighted by molar-refractivity contribution is 7.10. The summed E-state index contributed by atoms with van der Waals surface area (Å²) in [4.78, 5) is 37.6. The van der Waals surface area contributed by atoms with Gasteiger partial charge in [-0.2, -0.15) is 0 Å². The highest BCUT2D eigenvalue weighted by atomic mass is 35.5. The monoisotopic (exact) mass is 566 g/mol. The van der Waals surface area contributed by atoms with Crippen molar-refractivity contribution in [3.8, 4) is 0 Å². The van der Waals surface area contributed by atoms with Crippen molar-refractivity contribution in [1.29, 1.82) is 0 Å². The van der Waals surface area contributed by atoms with Gasteiger partial charge in [-0.05, 0) is 62.1 Å². The van der Waals surface area contributed by atoms with Crippen LogP contribution in [-0.4, -0.2) is 44.4 Å². The SMILES string of the molecule is C[C@H]1[C@@H](c2nc3ccc(C(=O)O)cc3[nH]2)[C@H](c2cc(Cl)cs2)C2(C(=O)Nc3cc(Cl)ccc32)N1CC1CC1. The Morgan fingerprint density at radius 1 is 1.18 bits per heavy atom. The van der Waals surface area contributed by atoms with E-state index in [9.17, 15) is 14.7 Å². The lowest BCUT2D eigenvalue weighted by atomic mass is 9.74. The van der Waals surface area contributed by atoms with Gasteiger partial charge in [0, 0.05) is 51.0 Å². The third-order valence-corrected chi connectivity index (χ3v) is 9.97. The number of carbonyl (C=O) groups excluding carboxylic acids is 1. The summed E-state index contributed by atoms with van der Waals surface area (Å²) in [6.45, 7) is 2.97. The number of rotatable bonds is 5. The molecule has 38 heavy (non-hydrogen) atoms. The fraction of sp³-hybridized carbons (Fsp3) is 0.321. The van der Waals surface area contributed by atoms with Crippen LogP contribution in [0.25, 0.3) is 11.0 Å². The molecule has 4 heterocycles. The van der Waals surface area contributed by atoms with Gasteiger partial charge in [-0.1, -0.05) is 29.3 Å². The van der Waals surface area contributed by atoms with E-state index in [0.29, 0.717) is 27.0 Å². The summed E-state index contributed by atoms with van der Waals surface area (Å²) in [5, 5.41) is 15.8. The number of carboxylic acids is 1. The molecule has 0 bridgehead atoms. The third kappa shape index (κ3) is 3.47. The number of hydrogen-bond donors (Lipinski definition) is 3. The number of aromatic carboxylic acids is 1. The second-order valence-electron chi connectivity index (χ2n) is 10.6. The smallest absolute Gasteiger partial charge is 0.335 e. The molecule has 2 aromatic carbocycles. The molecule has 2 fully saturated rings. The van der Waals surface area contributed by atoms with E-state index in [1.807, 2.05) is 29.6 Å². The molecule has 0 radical (unpaired) electrons. The van der Waals surface area contributed by atoms with Gasteiger partial charge in [0.2, 0.25) is 5.91 Å². The second-order valence-corrected chi connectivity index (χ2v) is 12.4. The van der Waals surface area contributed by atoms with E-state index < -0.39 is 11.5 Å². The number of halogens is 2. The van der Waals surface area contributed by atoms with Crippen LogP contribution in [0.4, 0.5) is 5.69 Å². The summed E-state index contributed by atoms with van der Waals surface area (Å²) in [5.41, 5.74) is 2.24. The van der Waals surface area contributed by atoms with E-state index in [-0.39, 0.29) is 29.3 Å². The van der Waals surface area contributed by atoms with Gasteiger partial charge in [0.15, 0.2) is 0 Å². The molecule has 2 aliphatic heterocycles. The molecule has 1 spiro atoms. The quantitative estimate of drug-likeness (QED) is 0.257. The first-order chi connectivity index (χ1) is 18.3. The number of nitrogens with one attached hydrogen (secondary N) is 2. The number of aromatic amines is 1. The Morgan fingerprint density at radius 2 is 2.00 bits per heavy atom. The molecule has 194 valence electrons. The normalized spacial score (nSPS) is 26.8. The molecular formula is C28H24Cl2N4O3S. The number of hydrogen-bond acceptors (Lipinski definition) is 5. The predicted octanol–water partition coefficient (Wildman–Crippen LogP) is 6.46. The average molecular weight is 567 g/mol. The molecule has 1 aliphatic carbocycles. The molecule has 4 atom stereocenters. The lowest BCUT2D eigenvalue weighted by Crippen LogP contribution is -2.52. The molecule has 1 amide bonds. The van der Waals surface area contributed by atoms with Crippen molar-refractivity contribution in [1.82, 2.24) is 14.9 Å². The highest BCUT2D eigenvalue weighted by Crippen LogP contribution is 2.63. The van der Waals surface area contributed by atoms with Gasteiger partial charge in [0.1, 0.15) is 11.4 Å². The fourth-order valence-corrected chi connectivity index (χ4v) is 8.05. The van der Waals surface area contributed by atoms with E-state index in [1.165, 1.54) is 0 Å². The van der Waals surface area contributed by atoms with Crippen molar-refractivity contribution < 1.29 is 14.7 Å². The van der Waals surface area contributed by atoms with Crippen molar-refractivity contribution in [2.75, 3.05) is 11.9 Å². The fourth-order valence-electron chi connectivity index (χ4n) is 6.59. The Balaban J connectivity index is 1.47. The number of thiophene rings is 1. The van der Waals surface area contributed by atoms with Gasteiger partial charge in [0.25, 0.3) is 0 Å². The minimum absolute atomic E-state index is 0.0478. The van der Waals surface area contributed by atoms with Crippen LogP contribution in [0.5, 0.6) is 0 Å². The second kappa shape index (κ2) is 8.55. The number of H-pyrrole nitrogens is 1. The lowest BCUT2D eigenvalue weighted by molar-refractivity contribution is -0.127. The molecule has 1 saturated heterocycles. The molecule has 1 saturated carbocycles. The Kier molecular flexibility index (Phi) is 5.43. The van der Waals surface area contributed by atoms with E-state index in [1.54, 1.807) is 29.5 Å².